The molecule has 0 fully saturated rings. The van der Waals surface area contributed by atoms with E-state index >= 15 is 0 Å². The molecule has 0 radical (unpaired) electrons. The van der Waals surface area contributed by atoms with Gasteiger partial charge in [-0.1, -0.05) is 13.0 Å². The Bertz CT molecular complexity index is 391. The Hall–Kier alpha value is -0.680. The molecule has 0 saturated heterocycles. The van der Waals surface area contributed by atoms with E-state index in [0.717, 1.165) is 36.6 Å². The zero-order chi connectivity index (χ0) is 14.5. The molecular weight excluding hydrogens is 271 g/mol. The predicted octanol–water partition coefficient (Wildman–Crippen LogP) is 4.27. The lowest BCUT2D eigenvalue weighted by Crippen LogP contribution is -2.11. The van der Waals surface area contributed by atoms with Crippen molar-refractivity contribution >= 4 is 11.8 Å². The van der Waals surface area contributed by atoms with Crippen molar-refractivity contribution in [3.63, 3.8) is 0 Å². The van der Waals surface area contributed by atoms with Crippen LogP contribution in [0.1, 0.15) is 36.5 Å². The van der Waals surface area contributed by atoms with Crippen molar-refractivity contribution in [2.45, 2.75) is 43.7 Å². The van der Waals surface area contributed by atoms with Crippen LogP contribution in [0.3, 0.4) is 0 Å². The minimum Gasteiger partial charge on any atom is -0.330 e. The third-order valence-corrected chi connectivity index (χ3v) is 3.81. The van der Waals surface area contributed by atoms with Crippen LogP contribution in [0.15, 0.2) is 17.0 Å². The first-order chi connectivity index (χ1) is 8.93. The van der Waals surface area contributed by atoms with E-state index in [0.29, 0.717) is 23.4 Å². The van der Waals surface area contributed by atoms with E-state index < -0.39 is 11.7 Å². The summed E-state index contributed by atoms with van der Waals surface area (Å²) in [5.41, 5.74) is 6.33. The molecule has 0 saturated carbocycles. The SMILES string of the molecule is CCc1cc(CCCCN)cc(SC)c1C(F)(F)F. The Balaban J connectivity index is 3.13. The molecule has 1 aromatic carbocycles. The smallest absolute Gasteiger partial charge is 0.330 e. The van der Waals surface area contributed by atoms with Gasteiger partial charge in [0.25, 0.3) is 0 Å². The molecule has 0 unspecified atom stereocenters. The van der Waals surface area contributed by atoms with Gasteiger partial charge < -0.3 is 5.73 Å². The molecule has 0 aliphatic heterocycles. The molecule has 0 spiro atoms. The molecule has 0 aromatic heterocycles. The number of hydrogen-bond acceptors (Lipinski definition) is 2. The fraction of sp³-hybridized carbons (Fsp3) is 0.571. The highest BCUT2D eigenvalue weighted by Gasteiger charge is 2.35. The van der Waals surface area contributed by atoms with Crippen molar-refractivity contribution in [3.8, 4) is 0 Å². The van der Waals surface area contributed by atoms with Crippen LogP contribution in [0.2, 0.25) is 0 Å². The van der Waals surface area contributed by atoms with Gasteiger partial charge in [-0.15, -0.1) is 11.8 Å². The topological polar surface area (TPSA) is 26.0 Å². The number of nitrogens with two attached hydrogens (primary N) is 1. The largest absolute Gasteiger partial charge is 0.417 e. The zero-order valence-electron chi connectivity index (χ0n) is 11.3. The average molecular weight is 291 g/mol. The summed E-state index contributed by atoms with van der Waals surface area (Å²) in [6.45, 7) is 2.38. The first-order valence-electron chi connectivity index (χ1n) is 6.41. The summed E-state index contributed by atoms with van der Waals surface area (Å²) in [7, 11) is 0. The Morgan fingerprint density at radius 3 is 2.37 bits per heavy atom. The molecule has 5 heteroatoms. The first-order valence-corrected chi connectivity index (χ1v) is 7.63. The first kappa shape index (κ1) is 16.4. The Kier molecular flexibility index (Phi) is 6.20. The van der Waals surface area contributed by atoms with Crippen LogP contribution in [-0.4, -0.2) is 12.8 Å². The molecule has 0 heterocycles. The number of thioether (sulfide) groups is 1. The number of hydrogen-bond donors (Lipinski definition) is 1. The molecular formula is C14H20F3NS. The predicted molar refractivity (Wildman–Crippen MR) is 74.6 cm³/mol. The van der Waals surface area contributed by atoms with Crippen LogP contribution in [0.4, 0.5) is 13.2 Å². The van der Waals surface area contributed by atoms with Gasteiger partial charge in [-0.3, -0.25) is 0 Å². The lowest BCUT2D eigenvalue weighted by atomic mass is 9.98. The lowest BCUT2D eigenvalue weighted by molar-refractivity contribution is -0.140. The third-order valence-electron chi connectivity index (χ3n) is 3.05. The summed E-state index contributed by atoms with van der Waals surface area (Å²) in [5, 5.41) is 0. The summed E-state index contributed by atoms with van der Waals surface area (Å²) in [4.78, 5) is 0.328. The number of halogens is 3. The number of rotatable bonds is 6. The van der Waals surface area contributed by atoms with Gasteiger partial charge in [0.1, 0.15) is 0 Å². The summed E-state index contributed by atoms with van der Waals surface area (Å²) in [6, 6.07) is 3.36. The number of alkyl halides is 3. The van der Waals surface area contributed by atoms with Gasteiger partial charge in [0.2, 0.25) is 0 Å². The number of aryl methyl sites for hydroxylation is 2. The highest BCUT2D eigenvalue weighted by Crippen LogP contribution is 2.39. The lowest BCUT2D eigenvalue weighted by Gasteiger charge is -2.17. The molecule has 0 amide bonds. The van der Waals surface area contributed by atoms with Crippen molar-refractivity contribution in [2.75, 3.05) is 12.8 Å². The Morgan fingerprint density at radius 1 is 1.21 bits per heavy atom. The Labute approximate surface area is 116 Å². The van der Waals surface area contributed by atoms with Crippen molar-refractivity contribution in [2.24, 2.45) is 5.73 Å². The van der Waals surface area contributed by atoms with Crippen LogP contribution in [0.5, 0.6) is 0 Å². The van der Waals surface area contributed by atoms with Crippen LogP contribution in [-0.2, 0) is 19.0 Å². The minimum atomic E-state index is -4.28. The average Bonchev–Trinajstić information content (AvgIpc) is 2.36. The fourth-order valence-corrected chi connectivity index (χ4v) is 2.84. The molecule has 1 rings (SSSR count). The van der Waals surface area contributed by atoms with E-state index in [2.05, 4.69) is 0 Å². The maximum Gasteiger partial charge on any atom is 0.417 e. The van der Waals surface area contributed by atoms with E-state index in [1.807, 2.05) is 0 Å². The summed E-state index contributed by atoms with van der Waals surface area (Å²) in [6.07, 6.45) is 0.409. The van der Waals surface area contributed by atoms with Crippen molar-refractivity contribution in [1.82, 2.24) is 0 Å². The molecule has 1 nitrogen and oxygen atoms in total. The normalized spacial score (nSPS) is 11.9. The number of benzene rings is 1. The van der Waals surface area contributed by atoms with Crippen molar-refractivity contribution < 1.29 is 13.2 Å². The Morgan fingerprint density at radius 2 is 1.89 bits per heavy atom. The maximum atomic E-state index is 13.1. The van der Waals surface area contributed by atoms with Gasteiger partial charge in [0, 0.05) is 4.90 Å². The number of unbranched alkanes of at least 4 members (excludes halogenated alkanes) is 1. The van der Waals surface area contributed by atoms with Gasteiger partial charge >= 0.3 is 6.18 Å². The highest BCUT2D eigenvalue weighted by atomic mass is 32.2. The van der Waals surface area contributed by atoms with Gasteiger partial charge in [-0.05, 0) is 55.7 Å². The van der Waals surface area contributed by atoms with Crippen LogP contribution < -0.4 is 5.73 Å². The van der Waals surface area contributed by atoms with Gasteiger partial charge in [0.05, 0.1) is 5.56 Å². The minimum absolute atomic E-state index is 0.328. The quantitative estimate of drug-likeness (QED) is 0.625. The second-order valence-corrected chi connectivity index (χ2v) is 5.28. The summed E-state index contributed by atoms with van der Waals surface area (Å²) < 4.78 is 39.3. The molecule has 0 aliphatic carbocycles. The molecule has 2 N–H and O–H groups in total. The van der Waals surface area contributed by atoms with Gasteiger partial charge in [0.15, 0.2) is 0 Å². The standard InChI is InChI=1S/C14H20F3NS/c1-3-11-8-10(6-4-5-7-18)9-12(19-2)13(11)14(15,16)17/h8-9H,3-7,18H2,1-2H3. The van der Waals surface area contributed by atoms with E-state index in [-0.39, 0.29) is 0 Å². The monoisotopic (exact) mass is 291 g/mol. The molecule has 108 valence electrons. The van der Waals surface area contributed by atoms with E-state index in [9.17, 15) is 13.2 Å². The summed E-state index contributed by atoms with van der Waals surface area (Å²) >= 11 is 1.16. The van der Waals surface area contributed by atoms with Crippen LogP contribution >= 0.6 is 11.8 Å². The van der Waals surface area contributed by atoms with Crippen LogP contribution in [0.25, 0.3) is 0 Å². The molecule has 1 aromatic rings. The fourth-order valence-electron chi connectivity index (χ4n) is 2.12. The van der Waals surface area contributed by atoms with Gasteiger partial charge in [-0.25, -0.2) is 0 Å². The molecule has 0 aliphatic rings. The molecule has 0 bridgehead atoms. The molecule has 0 atom stereocenters. The van der Waals surface area contributed by atoms with E-state index in [4.69, 9.17) is 5.73 Å². The third kappa shape index (κ3) is 4.42. The van der Waals surface area contributed by atoms with Crippen LogP contribution in [0, 0.1) is 0 Å². The second kappa shape index (κ2) is 7.20. The van der Waals surface area contributed by atoms with Crippen molar-refractivity contribution in [1.29, 1.82) is 0 Å². The summed E-state index contributed by atoms with van der Waals surface area (Å²) in [5.74, 6) is 0. The zero-order valence-corrected chi connectivity index (χ0v) is 12.1. The van der Waals surface area contributed by atoms with Gasteiger partial charge in [-0.2, -0.15) is 13.2 Å². The molecule has 19 heavy (non-hydrogen) atoms. The highest BCUT2D eigenvalue weighted by molar-refractivity contribution is 7.98. The maximum absolute atomic E-state index is 13.1. The van der Waals surface area contributed by atoms with E-state index in [1.165, 1.54) is 0 Å². The second-order valence-electron chi connectivity index (χ2n) is 4.43. The van der Waals surface area contributed by atoms with Crippen molar-refractivity contribution in [3.05, 3.63) is 28.8 Å². The van der Waals surface area contributed by atoms with E-state index in [1.54, 1.807) is 25.3 Å².